The van der Waals surface area contributed by atoms with E-state index in [0.717, 1.165) is 39.5 Å². The quantitative estimate of drug-likeness (QED) is 0.554. The second-order valence-electron chi connectivity index (χ2n) is 6.50. The molecule has 0 spiro atoms. The topological polar surface area (TPSA) is 59.8 Å². The van der Waals surface area contributed by atoms with E-state index in [2.05, 4.69) is 44.1 Å². The number of allylic oxidation sites excluding steroid dienone is 1. The number of para-hydroxylation sites is 1. The summed E-state index contributed by atoms with van der Waals surface area (Å²) in [4.78, 5) is 12.8. The summed E-state index contributed by atoms with van der Waals surface area (Å²) in [6, 6.07) is 15.9. The first kappa shape index (κ1) is 19.0. The number of aromatic nitrogens is 3. The third-order valence-electron chi connectivity index (χ3n) is 4.62. The zero-order valence-corrected chi connectivity index (χ0v) is 17.5. The first-order valence-electron chi connectivity index (χ1n) is 9.01. The lowest BCUT2D eigenvalue weighted by Gasteiger charge is -2.13. The predicted molar refractivity (Wildman–Crippen MR) is 116 cm³/mol. The molecule has 1 aliphatic rings. The number of anilines is 1. The Bertz CT molecular complexity index is 1020. The molecule has 1 N–H and O–H groups in total. The van der Waals surface area contributed by atoms with Crippen molar-refractivity contribution in [1.29, 1.82) is 0 Å². The lowest BCUT2D eigenvalue weighted by atomic mass is 10.1. The molecule has 0 radical (unpaired) electrons. The second-order valence-corrected chi connectivity index (χ2v) is 8.59. The molecule has 3 aromatic rings. The Balaban J connectivity index is 1.60. The zero-order chi connectivity index (χ0) is 19.5. The van der Waals surface area contributed by atoms with Gasteiger partial charge in [-0.3, -0.25) is 9.36 Å². The van der Waals surface area contributed by atoms with Crippen molar-refractivity contribution in [2.75, 3.05) is 5.32 Å². The van der Waals surface area contributed by atoms with Gasteiger partial charge in [-0.2, -0.15) is 0 Å². The number of nitrogens with one attached hydrogen (secondary N) is 1. The minimum atomic E-state index is -0.224. The van der Waals surface area contributed by atoms with Crippen LogP contribution in [0.5, 0.6) is 0 Å². The molecule has 142 valence electrons. The molecule has 1 unspecified atom stereocenters. The van der Waals surface area contributed by atoms with Crippen LogP contribution >= 0.6 is 27.7 Å². The van der Waals surface area contributed by atoms with E-state index in [-0.39, 0.29) is 11.2 Å². The highest BCUT2D eigenvalue weighted by molar-refractivity contribution is 9.10. The summed E-state index contributed by atoms with van der Waals surface area (Å²) in [5.74, 6) is 0.778. The molecule has 4 rings (SSSR count). The summed E-state index contributed by atoms with van der Waals surface area (Å²) < 4.78 is 3.02. The highest BCUT2D eigenvalue weighted by Crippen LogP contribution is 2.32. The fourth-order valence-electron chi connectivity index (χ4n) is 3.21. The molecule has 28 heavy (non-hydrogen) atoms. The number of carbonyl (C=O) groups is 1. The summed E-state index contributed by atoms with van der Waals surface area (Å²) in [6.07, 6.45) is 3.42. The second kappa shape index (κ2) is 8.32. The number of fused-ring (bicyclic) bond motifs is 1. The van der Waals surface area contributed by atoms with Crippen LogP contribution in [0.4, 0.5) is 5.69 Å². The number of thioether (sulfide) groups is 1. The lowest BCUT2D eigenvalue weighted by Crippen LogP contribution is -2.24. The van der Waals surface area contributed by atoms with E-state index in [1.165, 1.54) is 17.3 Å². The maximum Gasteiger partial charge on any atom is 0.237 e. The SMILES string of the molecule is C=CCn1c(SC2CCc3ccccc3NC2=O)nnc1-c1ccc(Br)cc1. The van der Waals surface area contributed by atoms with Gasteiger partial charge in [-0.05, 0) is 36.6 Å². The normalized spacial score (nSPS) is 16.2. The summed E-state index contributed by atoms with van der Waals surface area (Å²) >= 11 is 4.92. The largest absolute Gasteiger partial charge is 0.325 e. The average molecular weight is 455 g/mol. The van der Waals surface area contributed by atoms with E-state index in [1.54, 1.807) is 0 Å². The van der Waals surface area contributed by atoms with E-state index in [9.17, 15) is 4.79 Å². The van der Waals surface area contributed by atoms with E-state index in [0.29, 0.717) is 6.54 Å². The first-order chi connectivity index (χ1) is 13.7. The number of aryl methyl sites for hydroxylation is 1. The average Bonchev–Trinajstić information content (AvgIpc) is 3.01. The Labute approximate surface area is 176 Å². The van der Waals surface area contributed by atoms with Gasteiger partial charge in [0.1, 0.15) is 0 Å². The lowest BCUT2D eigenvalue weighted by molar-refractivity contribution is -0.115. The van der Waals surface area contributed by atoms with E-state index < -0.39 is 0 Å². The van der Waals surface area contributed by atoms with Crippen molar-refractivity contribution in [2.45, 2.75) is 29.8 Å². The number of amides is 1. The highest BCUT2D eigenvalue weighted by atomic mass is 79.9. The molecule has 7 heteroatoms. The zero-order valence-electron chi connectivity index (χ0n) is 15.1. The maximum absolute atomic E-state index is 12.8. The number of benzene rings is 2. The monoisotopic (exact) mass is 454 g/mol. The van der Waals surface area contributed by atoms with Gasteiger partial charge in [0.2, 0.25) is 5.91 Å². The summed E-state index contributed by atoms with van der Waals surface area (Å²) in [6.45, 7) is 4.44. The minimum absolute atomic E-state index is 0.00768. The summed E-state index contributed by atoms with van der Waals surface area (Å²) in [5.41, 5.74) is 3.04. The molecule has 0 saturated heterocycles. The molecule has 1 aliphatic heterocycles. The summed E-state index contributed by atoms with van der Waals surface area (Å²) in [7, 11) is 0. The van der Waals surface area contributed by atoms with Gasteiger partial charge in [-0.25, -0.2) is 0 Å². The van der Waals surface area contributed by atoms with Crippen LogP contribution in [-0.4, -0.2) is 25.9 Å². The molecule has 2 aromatic carbocycles. The first-order valence-corrected chi connectivity index (χ1v) is 10.7. The van der Waals surface area contributed by atoms with Crippen LogP contribution in [-0.2, 0) is 17.8 Å². The van der Waals surface area contributed by atoms with Crippen LogP contribution < -0.4 is 5.32 Å². The third-order valence-corrected chi connectivity index (χ3v) is 6.40. The minimum Gasteiger partial charge on any atom is -0.325 e. The van der Waals surface area contributed by atoms with Gasteiger partial charge in [-0.15, -0.1) is 16.8 Å². The van der Waals surface area contributed by atoms with Crippen molar-refractivity contribution in [3.05, 3.63) is 71.2 Å². The Morgan fingerprint density at radius 1 is 1.21 bits per heavy atom. The number of hydrogen-bond donors (Lipinski definition) is 1. The number of halogens is 1. The molecular weight excluding hydrogens is 436 g/mol. The van der Waals surface area contributed by atoms with Crippen LogP contribution in [0, 0.1) is 0 Å². The van der Waals surface area contributed by atoms with Crippen LogP contribution in [0.3, 0.4) is 0 Å². The number of rotatable bonds is 5. The molecule has 0 aliphatic carbocycles. The van der Waals surface area contributed by atoms with Crippen molar-refractivity contribution in [3.63, 3.8) is 0 Å². The third kappa shape index (κ3) is 3.91. The standard InChI is InChI=1S/C21H19BrN4OS/c1-2-13-26-19(15-7-10-16(22)11-8-15)24-25-21(26)28-18-12-9-14-5-3-4-6-17(14)23-20(18)27/h2-8,10-11,18H,1,9,12-13H2,(H,23,27). The molecule has 5 nitrogen and oxygen atoms in total. The van der Waals surface area contributed by atoms with Gasteiger partial charge < -0.3 is 5.32 Å². The predicted octanol–water partition coefficient (Wildman–Crippen LogP) is 4.94. The highest BCUT2D eigenvalue weighted by Gasteiger charge is 2.27. The Morgan fingerprint density at radius 3 is 2.79 bits per heavy atom. The number of nitrogens with zero attached hydrogens (tertiary/aromatic N) is 3. The molecule has 0 saturated carbocycles. The Kier molecular flexibility index (Phi) is 5.64. The molecule has 0 bridgehead atoms. The van der Waals surface area contributed by atoms with Crippen LogP contribution in [0.25, 0.3) is 11.4 Å². The van der Waals surface area contributed by atoms with Crippen molar-refractivity contribution in [2.24, 2.45) is 0 Å². The molecule has 0 fully saturated rings. The molecule has 1 aromatic heterocycles. The van der Waals surface area contributed by atoms with Crippen LogP contribution in [0.15, 0.2) is 70.8 Å². The number of carbonyl (C=O) groups excluding carboxylic acids is 1. The van der Waals surface area contributed by atoms with E-state index >= 15 is 0 Å². The van der Waals surface area contributed by atoms with Crippen molar-refractivity contribution in [1.82, 2.24) is 14.8 Å². The fourth-order valence-corrected chi connectivity index (χ4v) is 4.51. The Morgan fingerprint density at radius 2 is 2.00 bits per heavy atom. The maximum atomic E-state index is 12.8. The smallest absolute Gasteiger partial charge is 0.237 e. The molecule has 1 amide bonds. The van der Waals surface area contributed by atoms with Gasteiger partial charge in [0, 0.05) is 22.3 Å². The van der Waals surface area contributed by atoms with Gasteiger partial charge in [0.25, 0.3) is 0 Å². The van der Waals surface area contributed by atoms with E-state index in [1.807, 2.05) is 53.1 Å². The Hall–Kier alpha value is -2.38. The fraction of sp³-hybridized carbons (Fsp3) is 0.190. The number of hydrogen-bond acceptors (Lipinski definition) is 4. The van der Waals surface area contributed by atoms with Crippen molar-refractivity contribution in [3.8, 4) is 11.4 Å². The molecular formula is C21H19BrN4OS. The van der Waals surface area contributed by atoms with Crippen LogP contribution in [0.1, 0.15) is 12.0 Å². The van der Waals surface area contributed by atoms with Crippen molar-refractivity contribution < 1.29 is 4.79 Å². The van der Waals surface area contributed by atoms with Crippen LogP contribution in [0.2, 0.25) is 0 Å². The van der Waals surface area contributed by atoms with Gasteiger partial charge in [0.05, 0.1) is 5.25 Å². The molecule has 2 heterocycles. The van der Waals surface area contributed by atoms with Crippen molar-refractivity contribution >= 4 is 39.3 Å². The van der Waals surface area contributed by atoms with Gasteiger partial charge in [0.15, 0.2) is 11.0 Å². The molecule has 1 atom stereocenters. The summed E-state index contributed by atoms with van der Waals surface area (Å²) in [5, 5.41) is 12.3. The van der Waals surface area contributed by atoms with Gasteiger partial charge >= 0.3 is 0 Å². The van der Waals surface area contributed by atoms with E-state index in [4.69, 9.17) is 0 Å². The van der Waals surface area contributed by atoms with Gasteiger partial charge in [-0.1, -0.05) is 64.1 Å².